The van der Waals surface area contributed by atoms with Crippen molar-refractivity contribution in [1.29, 1.82) is 0 Å². The van der Waals surface area contributed by atoms with Gasteiger partial charge in [0, 0.05) is 11.8 Å². The maximum atomic E-state index is 12.7. The normalized spacial score (nSPS) is 12.2. The molecular formula is C20H27N3O2S. The number of anilines is 1. The Hall–Kier alpha value is -2.08. The van der Waals surface area contributed by atoms with Crippen molar-refractivity contribution in [2.45, 2.75) is 63.8 Å². The molecule has 0 aliphatic carbocycles. The van der Waals surface area contributed by atoms with Gasteiger partial charge in [-0.05, 0) is 36.8 Å². The van der Waals surface area contributed by atoms with E-state index < -0.39 is 0 Å². The Labute approximate surface area is 159 Å². The molecule has 1 aromatic carbocycles. The molecule has 0 aliphatic heterocycles. The number of aromatic amines is 1. The number of carbonyl (C=O) groups excluding carboxylic acids is 1. The monoisotopic (exact) mass is 373 g/mol. The largest absolute Gasteiger partial charge is 0.325 e. The van der Waals surface area contributed by atoms with E-state index in [-0.39, 0.29) is 22.6 Å². The molecule has 1 heterocycles. The van der Waals surface area contributed by atoms with Crippen molar-refractivity contribution in [2.24, 2.45) is 0 Å². The minimum Gasteiger partial charge on any atom is -0.325 e. The second kappa shape index (κ2) is 9.03. The second-order valence-corrected chi connectivity index (χ2v) is 7.87. The molecule has 140 valence electrons. The van der Waals surface area contributed by atoms with Crippen LogP contribution in [0.25, 0.3) is 0 Å². The van der Waals surface area contributed by atoms with E-state index in [0.717, 1.165) is 35.3 Å². The second-order valence-electron chi connectivity index (χ2n) is 6.54. The fraction of sp³-hybridized carbons (Fsp3) is 0.450. The molecule has 2 N–H and O–H groups in total. The van der Waals surface area contributed by atoms with E-state index in [1.165, 1.54) is 17.8 Å². The number of aromatic nitrogens is 2. The average Bonchev–Trinajstić information content (AvgIpc) is 2.61. The van der Waals surface area contributed by atoms with Gasteiger partial charge in [0.25, 0.3) is 5.56 Å². The van der Waals surface area contributed by atoms with Gasteiger partial charge < -0.3 is 10.3 Å². The van der Waals surface area contributed by atoms with Crippen LogP contribution in [-0.4, -0.2) is 21.1 Å². The quantitative estimate of drug-likeness (QED) is 0.565. The lowest BCUT2D eigenvalue weighted by molar-refractivity contribution is -0.115. The average molecular weight is 374 g/mol. The Kier molecular flexibility index (Phi) is 7.03. The van der Waals surface area contributed by atoms with E-state index in [1.807, 2.05) is 39.0 Å². The van der Waals surface area contributed by atoms with Crippen molar-refractivity contribution >= 4 is 23.4 Å². The lowest BCUT2D eigenvalue weighted by atomic mass is 10.0. The molecule has 2 aromatic rings. The van der Waals surface area contributed by atoms with E-state index in [1.54, 1.807) is 0 Å². The lowest BCUT2D eigenvalue weighted by Crippen LogP contribution is -2.24. The number of benzene rings is 1. The first-order valence-electron chi connectivity index (χ1n) is 9.05. The van der Waals surface area contributed by atoms with Gasteiger partial charge >= 0.3 is 0 Å². The predicted molar refractivity (Wildman–Crippen MR) is 108 cm³/mol. The molecule has 0 aliphatic rings. The Morgan fingerprint density at radius 3 is 2.35 bits per heavy atom. The summed E-state index contributed by atoms with van der Waals surface area (Å²) in [4.78, 5) is 31.7. The summed E-state index contributed by atoms with van der Waals surface area (Å²) in [5.41, 5.74) is 3.70. The maximum absolute atomic E-state index is 12.7. The molecule has 0 fully saturated rings. The van der Waals surface area contributed by atoms with Crippen LogP contribution in [0.15, 0.2) is 34.2 Å². The van der Waals surface area contributed by atoms with E-state index in [4.69, 9.17) is 0 Å². The summed E-state index contributed by atoms with van der Waals surface area (Å²) in [6.07, 6.45) is 1.71. The Balaban J connectivity index is 2.18. The van der Waals surface area contributed by atoms with Crippen molar-refractivity contribution in [3.05, 3.63) is 51.4 Å². The molecule has 1 aromatic heterocycles. The topological polar surface area (TPSA) is 74.8 Å². The number of thioether (sulfide) groups is 1. The number of nitrogens with zero attached hydrogens (tertiary/aromatic N) is 1. The van der Waals surface area contributed by atoms with Gasteiger partial charge in [0.1, 0.15) is 0 Å². The molecule has 1 atom stereocenters. The van der Waals surface area contributed by atoms with Gasteiger partial charge in [-0.3, -0.25) is 9.59 Å². The van der Waals surface area contributed by atoms with Crippen LogP contribution in [0, 0.1) is 0 Å². The lowest BCUT2D eigenvalue weighted by Gasteiger charge is -2.17. The van der Waals surface area contributed by atoms with Crippen LogP contribution in [0.1, 0.15) is 57.4 Å². The van der Waals surface area contributed by atoms with Crippen molar-refractivity contribution in [3.8, 4) is 0 Å². The minimum atomic E-state index is -0.379. The van der Waals surface area contributed by atoms with Crippen molar-refractivity contribution in [2.75, 3.05) is 5.32 Å². The molecule has 26 heavy (non-hydrogen) atoms. The zero-order valence-electron chi connectivity index (χ0n) is 16.1. The van der Waals surface area contributed by atoms with Gasteiger partial charge in [-0.25, -0.2) is 4.98 Å². The molecule has 0 saturated carbocycles. The van der Waals surface area contributed by atoms with Crippen LogP contribution in [0.4, 0.5) is 5.69 Å². The molecule has 2 rings (SSSR count). The molecule has 0 spiro atoms. The Morgan fingerprint density at radius 2 is 1.81 bits per heavy atom. The number of nitrogens with one attached hydrogen (secondary N) is 2. The van der Waals surface area contributed by atoms with Gasteiger partial charge in [0.05, 0.1) is 10.9 Å². The van der Waals surface area contributed by atoms with Crippen molar-refractivity contribution < 1.29 is 4.79 Å². The fourth-order valence-corrected chi connectivity index (χ4v) is 3.47. The molecule has 6 heteroatoms. The van der Waals surface area contributed by atoms with E-state index in [9.17, 15) is 9.59 Å². The van der Waals surface area contributed by atoms with E-state index in [2.05, 4.69) is 29.1 Å². The molecule has 1 unspecified atom stereocenters. The fourth-order valence-electron chi connectivity index (χ4n) is 2.65. The van der Waals surface area contributed by atoms with Gasteiger partial charge in [-0.1, -0.05) is 57.7 Å². The molecule has 0 radical (unpaired) electrons. The number of aryl methyl sites for hydroxylation is 2. The van der Waals surface area contributed by atoms with Gasteiger partial charge in [-0.15, -0.1) is 0 Å². The minimum absolute atomic E-state index is 0.0943. The van der Waals surface area contributed by atoms with E-state index in [0.29, 0.717) is 5.16 Å². The first-order chi connectivity index (χ1) is 12.3. The molecule has 0 saturated heterocycles. The molecule has 5 nitrogen and oxygen atoms in total. The smallest absolute Gasteiger partial charge is 0.251 e. The first kappa shape index (κ1) is 20.2. The first-order valence-corrected chi connectivity index (χ1v) is 9.93. The van der Waals surface area contributed by atoms with Crippen LogP contribution >= 0.6 is 11.8 Å². The molecular weight excluding hydrogens is 346 g/mol. The number of rotatable bonds is 7. The highest BCUT2D eigenvalue weighted by Gasteiger charge is 2.19. The van der Waals surface area contributed by atoms with Crippen LogP contribution in [0.5, 0.6) is 0 Å². The molecule has 1 amide bonds. The number of hydrogen-bond acceptors (Lipinski definition) is 4. The van der Waals surface area contributed by atoms with Crippen LogP contribution in [-0.2, 0) is 17.6 Å². The number of amides is 1. The third-order valence-electron chi connectivity index (χ3n) is 4.24. The summed E-state index contributed by atoms with van der Waals surface area (Å²) >= 11 is 1.26. The third kappa shape index (κ3) is 4.97. The Bertz CT molecular complexity index is 808. The number of carbonyl (C=O) groups is 1. The van der Waals surface area contributed by atoms with Crippen LogP contribution in [0.2, 0.25) is 0 Å². The summed E-state index contributed by atoms with van der Waals surface area (Å²) in [7, 11) is 0. The Morgan fingerprint density at radius 1 is 1.19 bits per heavy atom. The van der Waals surface area contributed by atoms with Crippen LogP contribution in [0.3, 0.4) is 0 Å². The third-order valence-corrected chi connectivity index (χ3v) is 5.22. The number of H-pyrrole nitrogens is 1. The highest BCUT2D eigenvalue weighted by Crippen LogP contribution is 2.25. The molecule has 0 bridgehead atoms. The predicted octanol–water partition coefficient (Wildman–Crippen LogP) is 4.14. The number of para-hydroxylation sites is 1. The zero-order chi connectivity index (χ0) is 19.3. The summed E-state index contributed by atoms with van der Waals surface area (Å²) < 4.78 is 0. The zero-order valence-corrected chi connectivity index (χ0v) is 16.9. The van der Waals surface area contributed by atoms with Crippen molar-refractivity contribution in [1.82, 2.24) is 9.97 Å². The highest BCUT2D eigenvalue weighted by atomic mass is 32.2. The van der Waals surface area contributed by atoms with Gasteiger partial charge in [-0.2, -0.15) is 0 Å². The maximum Gasteiger partial charge on any atom is 0.251 e. The summed E-state index contributed by atoms with van der Waals surface area (Å²) in [5, 5.41) is 3.17. The summed E-state index contributed by atoms with van der Waals surface area (Å²) in [6, 6.07) is 7.61. The highest BCUT2D eigenvalue weighted by molar-refractivity contribution is 8.00. The summed E-state index contributed by atoms with van der Waals surface area (Å²) in [6.45, 7) is 9.95. The van der Waals surface area contributed by atoms with E-state index >= 15 is 0 Å². The number of hydrogen-bond donors (Lipinski definition) is 2. The van der Waals surface area contributed by atoms with Crippen molar-refractivity contribution in [3.63, 3.8) is 0 Å². The van der Waals surface area contributed by atoms with Gasteiger partial charge in [0.15, 0.2) is 5.16 Å². The summed E-state index contributed by atoms with van der Waals surface area (Å²) in [5.74, 6) is 0.0625. The standard InChI is InChI=1S/C20H27N3O2S/c1-6-14-9-8-10-15(7-2)18(14)23-19(25)13(5)26-20-21-16(12(3)4)11-17(24)22-20/h8-13H,6-7H2,1-5H3,(H,23,25)(H,21,22,24). The van der Waals surface area contributed by atoms with Gasteiger partial charge in [0.2, 0.25) is 5.91 Å². The van der Waals surface area contributed by atoms with Crippen LogP contribution < -0.4 is 10.9 Å². The SMILES string of the molecule is CCc1cccc(CC)c1NC(=O)C(C)Sc1nc(C(C)C)cc(=O)[nH]1.